The summed E-state index contributed by atoms with van der Waals surface area (Å²) in [5.41, 5.74) is 1.63. The summed E-state index contributed by atoms with van der Waals surface area (Å²) < 4.78 is 33.3. The molecule has 1 fully saturated rings. The predicted octanol–water partition coefficient (Wildman–Crippen LogP) is 1.00. The predicted molar refractivity (Wildman–Crippen MR) is 91.9 cm³/mol. The standard InChI is InChI=1S/C16H20N4O4S/c1-12-15(11-19(2)18-12)16(21)17-13-3-5-14(6-4-13)25(22,23)20-7-9-24-10-8-20/h3-6,11H,7-10H2,1-2H3,(H,17,21). The second kappa shape index (κ2) is 6.95. The molecule has 1 aromatic carbocycles. The molecule has 0 saturated carbocycles. The fourth-order valence-electron chi connectivity index (χ4n) is 2.67. The lowest BCUT2D eigenvalue weighted by Crippen LogP contribution is -2.40. The fourth-order valence-corrected chi connectivity index (χ4v) is 4.08. The lowest BCUT2D eigenvalue weighted by atomic mass is 10.2. The lowest BCUT2D eigenvalue weighted by molar-refractivity contribution is 0.0730. The number of aromatic nitrogens is 2. The maximum Gasteiger partial charge on any atom is 0.259 e. The first kappa shape index (κ1) is 17.6. The van der Waals surface area contributed by atoms with E-state index >= 15 is 0 Å². The van der Waals surface area contributed by atoms with Crippen LogP contribution >= 0.6 is 0 Å². The summed E-state index contributed by atoms with van der Waals surface area (Å²) >= 11 is 0. The second-order valence-corrected chi connectivity index (χ2v) is 7.73. The SMILES string of the molecule is Cc1nn(C)cc1C(=O)Nc1ccc(S(=O)(=O)N2CCOCC2)cc1. The average Bonchev–Trinajstić information content (AvgIpc) is 2.94. The Morgan fingerprint density at radius 1 is 1.20 bits per heavy atom. The third-order valence-corrected chi connectivity index (χ3v) is 5.89. The molecule has 1 N–H and O–H groups in total. The van der Waals surface area contributed by atoms with Crippen LogP contribution in [0.1, 0.15) is 16.1 Å². The van der Waals surface area contributed by atoms with Gasteiger partial charge in [-0.1, -0.05) is 0 Å². The molecule has 2 heterocycles. The first-order valence-corrected chi connectivity index (χ1v) is 9.31. The maximum absolute atomic E-state index is 12.6. The number of aryl methyl sites for hydroxylation is 2. The van der Waals surface area contributed by atoms with E-state index in [-0.39, 0.29) is 10.8 Å². The topological polar surface area (TPSA) is 93.5 Å². The molecule has 134 valence electrons. The monoisotopic (exact) mass is 364 g/mol. The van der Waals surface area contributed by atoms with Crippen molar-refractivity contribution in [2.75, 3.05) is 31.6 Å². The summed E-state index contributed by atoms with van der Waals surface area (Å²) in [6.45, 7) is 3.25. The number of hydrogen-bond acceptors (Lipinski definition) is 5. The molecule has 0 bridgehead atoms. The summed E-state index contributed by atoms with van der Waals surface area (Å²) in [7, 11) is -1.79. The quantitative estimate of drug-likeness (QED) is 0.874. The van der Waals surface area contributed by atoms with E-state index in [0.717, 1.165) is 0 Å². The van der Waals surface area contributed by atoms with E-state index < -0.39 is 10.0 Å². The van der Waals surface area contributed by atoms with Crippen LogP contribution in [0.15, 0.2) is 35.4 Å². The molecule has 2 aromatic rings. The number of nitrogens with one attached hydrogen (secondary N) is 1. The number of sulfonamides is 1. The van der Waals surface area contributed by atoms with Crippen molar-refractivity contribution in [2.45, 2.75) is 11.8 Å². The lowest BCUT2D eigenvalue weighted by Gasteiger charge is -2.26. The van der Waals surface area contributed by atoms with Gasteiger partial charge in [0.15, 0.2) is 0 Å². The minimum Gasteiger partial charge on any atom is -0.379 e. The van der Waals surface area contributed by atoms with Gasteiger partial charge in [0.1, 0.15) is 0 Å². The van der Waals surface area contributed by atoms with E-state index in [2.05, 4.69) is 10.4 Å². The number of hydrogen-bond donors (Lipinski definition) is 1. The summed E-state index contributed by atoms with van der Waals surface area (Å²) in [5, 5.41) is 6.88. The van der Waals surface area contributed by atoms with E-state index in [1.165, 1.54) is 16.4 Å². The van der Waals surface area contributed by atoms with Gasteiger partial charge >= 0.3 is 0 Å². The molecule has 3 rings (SSSR count). The van der Waals surface area contributed by atoms with Gasteiger partial charge in [0, 0.05) is 32.0 Å². The minimum atomic E-state index is -3.54. The van der Waals surface area contributed by atoms with Crippen molar-refractivity contribution in [1.29, 1.82) is 0 Å². The van der Waals surface area contributed by atoms with E-state index in [0.29, 0.717) is 43.2 Å². The van der Waals surface area contributed by atoms with Crippen LogP contribution in [-0.2, 0) is 21.8 Å². The van der Waals surface area contributed by atoms with Gasteiger partial charge in [0.2, 0.25) is 10.0 Å². The summed E-state index contributed by atoms with van der Waals surface area (Å²) in [6, 6.07) is 6.15. The Kier molecular flexibility index (Phi) is 4.89. The zero-order valence-corrected chi connectivity index (χ0v) is 14.9. The van der Waals surface area contributed by atoms with Gasteiger partial charge in [0.05, 0.1) is 29.4 Å². The first-order chi connectivity index (χ1) is 11.9. The summed E-state index contributed by atoms with van der Waals surface area (Å²) in [4.78, 5) is 12.5. The van der Waals surface area contributed by atoms with Gasteiger partial charge in [0.25, 0.3) is 5.91 Å². The Bertz CT molecular complexity index is 868. The van der Waals surface area contributed by atoms with Crippen molar-refractivity contribution in [3.05, 3.63) is 41.7 Å². The highest BCUT2D eigenvalue weighted by Crippen LogP contribution is 2.20. The Morgan fingerprint density at radius 2 is 1.84 bits per heavy atom. The third kappa shape index (κ3) is 3.73. The Balaban J connectivity index is 1.74. The van der Waals surface area contributed by atoms with Crippen molar-refractivity contribution >= 4 is 21.6 Å². The van der Waals surface area contributed by atoms with Crippen LogP contribution in [0.2, 0.25) is 0 Å². The molecular formula is C16H20N4O4S. The number of anilines is 1. The number of carbonyl (C=O) groups excluding carboxylic acids is 1. The van der Waals surface area contributed by atoms with Gasteiger partial charge in [-0.2, -0.15) is 9.40 Å². The largest absolute Gasteiger partial charge is 0.379 e. The van der Waals surface area contributed by atoms with Gasteiger partial charge in [-0.25, -0.2) is 8.42 Å². The molecule has 1 saturated heterocycles. The van der Waals surface area contributed by atoms with Crippen molar-refractivity contribution in [1.82, 2.24) is 14.1 Å². The van der Waals surface area contributed by atoms with E-state index in [1.807, 2.05) is 0 Å². The molecular weight excluding hydrogens is 344 g/mol. The molecule has 8 nitrogen and oxygen atoms in total. The van der Waals surface area contributed by atoms with Crippen LogP contribution in [-0.4, -0.2) is 54.7 Å². The third-order valence-electron chi connectivity index (χ3n) is 3.98. The van der Waals surface area contributed by atoms with E-state index in [1.54, 1.807) is 37.0 Å². The minimum absolute atomic E-state index is 0.199. The number of nitrogens with zero attached hydrogens (tertiary/aromatic N) is 3. The fraction of sp³-hybridized carbons (Fsp3) is 0.375. The Hall–Kier alpha value is -2.23. The molecule has 25 heavy (non-hydrogen) atoms. The number of ether oxygens (including phenoxy) is 1. The average molecular weight is 364 g/mol. The van der Waals surface area contributed by atoms with Crippen molar-refractivity contribution in [2.24, 2.45) is 7.05 Å². The molecule has 1 aromatic heterocycles. The normalized spacial score (nSPS) is 15.9. The van der Waals surface area contributed by atoms with Gasteiger partial charge < -0.3 is 10.1 Å². The van der Waals surface area contributed by atoms with Crippen LogP contribution in [0.4, 0.5) is 5.69 Å². The van der Waals surface area contributed by atoms with E-state index in [4.69, 9.17) is 4.74 Å². The zero-order chi connectivity index (χ0) is 18.0. The highest BCUT2D eigenvalue weighted by atomic mass is 32.2. The number of amides is 1. The molecule has 1 amide bonds. The van der Waals surface area contributed by atoms with Crippen LogP contribution in [0.3, 0.4) is 0 Å². The van der Waals surface area contributed by atoms with Gasteiger partial charge in [-0.15, -0.1) is 0 Å². The summed E-state index contributed by atoms with van der Waals surface area (Å²) in [5.74, 6) is -0.283. The molecule has 1 aliphatic heterocycles. The van der Waals surface area contributed by atoms with Crippen LogP contribution < -0.4 is 5.32 Å². The maximum atomic E-state index is 12.6. The van der Waals surface area contributed by atoms with Crippen molar-refractivity contribution < 1.29 is 17.9 Å². The number of rotatable bonds is 4. The molecule has 0 aliphatic carbocycles. The number of morpholine rings is 1. The molecule has 0 atom stereocenters. The van der Waals surface area contributed by atoms with Gasteiger partial charge in [-0.3, -0.25) is 9.48 Å². The van der Waals surface area contributed by atoms with Crippen molar-refractivity contribution in [3.63, 3.8) is 0 Å². The molecule has 0 spiro atoms. The highest BCUT2D eigenvalue weighted by molar-refractivity contribution is 7.89. The summed E-state index contributed by atoms with van der Waals surface area (Å²) in [6.07, 6.45) is 1.64. The van der Waals surface area contributed by atoms with Crippen LogP contribution in [0.5, 0.6) is 0 Å². The molecule has 9 heteroatoms. The van der Waals surface area contributed by atoms with Crippen LogP contribution in [0.25, 0.3) is 0 Å². The Labute approximate surface area is 146 Å². The van der Waals surface area contributed by atoms with Crippen molar-refractivity contribution in [3.8, 4) is 0 Å². The highest BCUT2D eigenvalue weighted by Gasteiger charge is 2.26. The molecule has 1 aliphatic rings. The Morgan fingerprint density at radius 3 is 2.40 bits per heavy atom. The smallest absolute Gasteiger partial charge is 0.259 e. The second-order valence-electron chi connectivity index (χ2n) is 5.80. The first-order valence-electron chi connectivity index (χ1n) is 7.87. The zero-order valence-electron chi connectivity index (χ0n) is 14.1. The molecule has 0 unspecified atom stereocenters. The van der Waals surface area contributed by atoms with Crippen LogP contribution in [0, 0.1) is 6.92 Å². The van der Waals surface area contributed by atoms with Gasteiger partial charge in [-0.05, 0) is 31.2 Å². The molecule has 0 radical (unpaired) electrons. The number of benzene rings is 1. The van der Waals surface area contributed by atoms with E-state index in [9.17, 15) is 13.2 Å². The number of carbonyl (C=O) groups is 1.